The molecule has 0 fully saturated rings. The average Bonchev–Trinajstić information content (AvgIpc) is 2.10. The first-order valence-electron chi connectivity index (χ1n) is 5.10. The fourth-order valence-corrected chi connectivity index (χ4v) is 1.25. The second kappa shape index (κ2) is 9.01. The third-order valence-electron chi connectivity index (χ3n) is 2.10. The van der Waals surface area contributed by atoms with Gasteiger partial charge in [0.25, 0.3) is 0 Å². The van der Waals surface area contributed by atoms with E-state index >= 15 is 0 Å². The Morgan fingerprint density at radius 1 is 1.00 bits per heavy atom. The molecule has 0 aliphatic rings. The number of hydrogen-bond donors (Lipinski definition) is 2. The van der Waals surface area contributed by atoms with Gasteiger partial charge < -0.3 is 10.2 Å². The molecule has 2 N–H and O–H groups in total. The third kappa shape index (κ3) is 8.02. The molecule has 0 saturated heterocycles. The molecule has 0 aromatic heterocycles. The second-order valence-electron chi connectivity index (χ2n) is 3.39. The molecule has 74 valence electrons. The van der Waals surface area contributed by atoms with E-state index in [0.717, 1.165) is 12.8 Å². The quantitative estimate of drug-likeness (QED) is 0.553. The summed E-state index contributed by atoms with van der Waals surface area (Å²) in [6, 6.07) is 0. The Morgan fingerprint density at radius 2 is 1.58 bits per heavy atom. The maximum absolute atomic E-state index is 9.01. The molecule has 12 heavy (non-hydrogen) atoms. The number of unbranched alkanes of at least 4 members (excludes halogenated alkanes) is 5. The van der Waals surface area contributed by atoms with Crippen LogP contribution in [0.4, 0.5) is 0 Å². The van der Waals surface area contributed by atoms with E-state index in [1.54, 1.807) is 0 Å². The average molecular weight is 174 g/mol. The van der Waals surface area contributed by atoms with Crippen molar-refractivity contribution in [2.75, 3.05) is 6.61 Å². The Balaban J connectivity index is 2.90. The Morgan fingerprint density at radius 3 is 2.17 bits per heavy atom. The summed E-state index contributed by atoms with van der Waals surface area (Å²) in [4.78, 5) is 0. The molecule has 1 atom stereocenters. The highest BCUT2D eigenvalue weighted by Gasteiger charge is 1.99. The topological polar surface area (TPSA) is 40.5 Å². The Kier molecular flexibility index (Phi) is 8.95. The number of rotatable bonds is 8. The lowest BCUT2D eigenvalue weighted by atomic mass is 10.1. The summed E-state index contributed by atoms with van der Waals surface area (Å²) in [6.45, 7) is 2.12. The fourth-order valence-electron chi connectivity index (χ4n) is 1.25. The van der Waals surface area contributed by atoms with Crippen LogP contribution in [0.15, 0.2) is 0 Å². The van der Waals surface area contributed by atoms with Gasteiger partial charge in [0.15, 0.2) is 0 Å². The van der Waals surface area contributed by atoms with Crippen molar-refractivity contribution in [3.63, 3.8) is 0 Å². The summed E-state index contributed by atoms with van der Waals surface area (Å²) in [7, 11) is 0. The van der Waals surface area contributed by atoms with Crippen LogP contribution in [0, 0.1) is 0 Å². The van der Waals surface area contributed by atoms with Crippen LogP contribution in [0.5, 0.6) is 0 Å². The normalized spacial score (nSPS) is 13.2. The second-order valence-corrected chi connectivity index (χ2v) is 3.39. The van der Waals surface area contributed by atoms with Gasteiger partial charge in [-0.2, -0.15) is 0 Å². The molecule has 0 heterocycles. The molecule has 0 radical (unpaired) electrons. The minimum absolute atomic E-state index is 0.0883. The molecule has 0 aromatic rings. The monoisotopic (exact) mass is 174 g/mol. The number of hydrogen-bond acceptors (Lipinski definition) is 2. The molecule has 0 bridgehead atoms. The van der Waals surface area contributed by atoms with E-state index in [1.165, 1.54) is 32.1 Å². The first-order valence-corrected chi connectivity index (χ1v) is 5.10. The van der Waals surface area contributed by atoms with Crippen molar-refractivity contribution in [3.8, 4) is 0 Å². The zero-order chi connectivity index (χ0) is 9.23. The van der Waals surface area contributed by atoms with Crippen LogP contribution in [-0.2, 0) is 0 Å². The van der Waals surface area contributed by atoms with E-state index in [1.807, 2.05) is 0 Å². The Labute approximate surface area is 75.6 Å². The van der Waals surface area contributed by atoms with Gasteiger partial charge in [-0.15, -0.1) is 0 Å². The fraction of sp³-hybridized carbons (Fsp3) is 1.00. The van der Waals surface area contributed by atoms with Crippen LogP contribution in [0.25, 0.3) is 0 Å². The predicted molar refractivity (Wildman–Crippen MR) is 51.1 cm³/mol. The van der Waals surface area contributed by atoms with Gasteiger partial charge in [0.05, 0.1) is 12.7 Å². The first-order chi connectivity index (χ1) is 5.81. The molecule has 0 unspecified atom stereocenters. The van der Waals surface area contributed by atoms with Crippen molar-refractivity contribution in [3.05, 3.63) is 0 Å². The van der Waals surface area contributed by atoms with Gasteiger partial charge in [0.2, 0.25) is 0 Å². The van der Waals surface area contributed by atoms with E-state index in [-0.39, 0.29) is 6.61 Å². The maximum atomic E-state index is 9.01. The predicted octanol–water partition coefficient (Wildman–Crippen LogP) is 2.09. The molecule has 2 nitrogen and oxygen atoms in total. The van der Waals surface area contributed by atoms with Crippen LogP contribution in [0.2, 0.25) is 0 Å². The molecule has 0 aromatic carbocycles. The van der Waals surface area contributed by atoms with Crippen molar-refractivity contribution in [2.45, 2.75) is 58.0 Å². The maximum Gasteiger partial charge on any atom is 0.0770 e. The zero-order valence-corrected chi connectivity index (χ0v) is 8.13. The summed E-state index contributed by atoms with van der Waals surface area (Å²) in [5.74, 6) is 0. The van der Waals surface area contributed by atoms with Gasteiger partial charge in [-0.05, 0) is 6.42 Å². The van der Waals surface area contributed by atoms with E-state index in [4.69, 9.17) is 10.2 Å². The van der Waals surface area contributed by atoms with Crippen molar-refractivity contribution in [1.82, 2.24) is 0 Å². The molecular weight excluding hydrogens is 152 g/mol. The van der Waals surface area contributed by atoms with Crippen LogP contribution < -0.4 is 0 Å². The van der Waals surface area contributed by atoms with E-state index in [0.29, 0.717) is 0 Å². The van der Waals surface area contributed by atoms with Gasteiger partial charge in [-0.25, -0.2) is 0 Å². The minimum atomic E-state index is -0.490. The van der Waals surface area contributed by atoms with Crippen molar-refractivity contribution < 1.29 is 10.2 Å². The molecule has 0 saturated carbocycles. The van der Waals surface area contributed by atoms with Crippen LogP contribution >= 0.6 is 0 Å². The molecule has 0 spiro atoms. The lowest BCUT2D eigenvalue weighted by Crippen LogP contribution is -2.10. The van der Waals surface area contributed by atoms with E-state index in [9.17, 15) is 0 Å². The molecule has 0 rings (SSSR count). The van der Waals surface area contributed by atoms with Crippen molar-refractivity contribution in [1.29, 1.82) is 0 Å². The van der Waals surface area contributed by atoms with Crippen LogP contribution in [0.1, 0.15) is 51.9 Å². The van der Waals surface area contributed by atoms with Gasteiger partial charge in [-0.3, -0.25) is 0 Å². The number of aliphatic hydroxyl groups excluding tert-OH is 2. The van der Waals surface area contributed by atoms with E-state index < -0.39 is 6.10 Å². The lowest BCUT2D eigenvalue weighted by Gasteiger charge is -2.05. The highest BCUT2D eigenvalue weighted by atomic mass is 16.3. The first kappa shape index (κ1) is 11.9. The molecule has 0 aliphatic heterocycles. The SMILES string of the molecule is CCCCCCCC[C@H](O)CO. The van der Waals surface area contributed by atoms with Gasteiger partial charge >= 0.3 is 0 Å². The number of aliphatic hydroxyl groups is 2. The lowest BCUT2D eigenvalue weighted by molar-refractivity contribution is 0.0860. The van der Waals surface area contributed by atoms with Crippen molar-refractivity contribution in [2.24, 2.45) is 0 Å². The standard InChI is InChI=1S/C10H22O2/c1-2-3-4-5-6-7-8-10(12)9-11/h10-12H,2-9H2,1H3/t10-/m0/s1. The third-order valence-corrected chi connectivity index (χ3v) is 2.10. The highest BCUT2D eigenvalue weighted by Crippen LogP contribution is 2.08. The Bertz CT molecular complexity index is 83.9. The molecular formula is C10H22O2. The summed E-state index contributed by atoms with van der Waals surface area (Å²) in [5, 5.41) is 17.5. The summed E-state index contributed by atoms with van der Waals surface area (Å²) in [6.07, 6.45) is 7.68. The zero-order valence-electron chi connectivity index (χ0n) is 8.13. The van der Waals surface area contributed by atoms with Gasteiger partial charge in [0.1, 0.15) is 0 Å². The van der Waals surface area contributed by atoms with Crippen molar-refractivity contribution >= 4 is 0 Å². The summed E-state index contributed by atoms with van der Waals surface area (Å²) in [5.41, 5.74) is 0. The smallest absolute Gasteiger partial charge is 0.0770 e. The molecule has 0 amide bonds. The minimum Gasteiger partial charge on any atom is -0.394 e. The largest absolute Gasteiger partial charge is 0.394 e. The molecule has 0 aliphatic carbocycles. The van der Waals surface area contributed by atoms with Gasteiger partial charge in [0, 0.05) is 0 Å². The summed E-state index contributed by atoms with van der Waals surface area (Å²) < 4.78 is 0. The summed E-state index contributed by atoms with van der Waals surface area (Å²) >= 11 is 0. The van der Waals surface area contributed by atoms with Gasteiger partial charge in [-0.1, -0.05) is 45.4 Å². The van der Waals surface area contributed by atoms with E-state index in [2.05, 4.69) is 6.92 Å². The molecule has 2 heteroatoms. The Hall–Kier alpha value is -0.0800. The highest BCUT2D eigenvalue weighted by molar-refractivity contribution is 4.53. The van der Waals surface area contributed by atoms with Crippen LogP contribution in [0.3, 0.4) is 0 Å². The van der Waals surface area contributed by atoms with Crippen LogP contribution in [-0.4, -0.2) is 22.9 Å².